The molecule has 3 heterocycles. The Kier molecular flexibility index (Phi) is 5.88. The van der Waals surface area contributed by atoms with E-state index in [1.807, 2.05) is 13.0 Å². The SMILES string of the molecule is COc1ncc(Br)cc1N1CC[C@](NC(=O)c2cccnc2C2CC2)(C(N)=O)C[C@@H]1C. The third kappa shape index (κ3) is 4.23. The molecular weight excluding hydrogens is 462 g/mol. The maximum Gasteiger partial charge on any atom is 0.254 e. The number of piperidine rings is 1. The third-order valence-electron chi connectivity index (χ3n) is 6.13. The van der Waals surface area contributed by atoms with Crippen molar-refractivity contribution >= 4 is 33.4 Å². The molecule has 4 rings (SSSR count). The summed E-state index contributed by atoms with van der Waals surface area (Å²) in [6.07, 6.45) is 6.21. The van der Waals surface area contributed by atoms with E-state index in [4.69, 9.17) is 10.5 Å². The van der Waals surface area contributed by atoms with Crippen LogP contribution in [0.4, 0.5) is 5.69 Å². The lowest BCUT2D eigenvalue weighted by molar-refractivity contribution is -0.125. The Labute approximate surface area is 189 Å². The summed E-state index contributed by atoms with van der Waals surface area (Å²) < 4.78 is 6.26. The van der Waals surface area contributed by atoms with Crippen LogP contribution in [0.1, 0.15) is 54.6 Å². The number of nitrogens with one attached hydrogen (secondary N) is 1. The first kappa shape index (κ1) is 21.5. The van der Waals surface area contributed by atoms with Gasteiger partial charge in [-0.05, 0) is 66.7 Å². The average Bonchev–Trinajstić information content (AvgIpc) is 3.59. The molecule has 0 unspecified atom stereocenters. The Morgan fingerprint density at radius 1 is 1.35 bits per heavy atom. The van der Waals surface area contributed by atoms with Crippen LogP contribution in [0.5, 0.6) is 5.88 Å². The number of carbonyl (C=O) groups is 2. The van der Waals surface area contributed by atoms with Gasteiger partial charge >= 0.3 is 0 Å². The highest BCUT2D eigenvalue weighted by Gasteiger charge is 2.45. The van der Waals surface area contributed by atoms with Crippen molar-refractivity contribution in [2.75, 3.05) is 18.6 Å². The summed E-state index contributed by atoms with van der Waals surface area (Å²) in [6, 6.07) is 5.37. The Hall–Kier alpha value is -2.68. The number of carbonyl (C=O) groups excluding carboxylic acids is 2. The van der Waals surface area contributed by atoms with Crippen molar-refractivity contribution in [2.45, 2.75) is 50.1 Å². The van der Waals surface area contributed by atoms with E-state index in [0.29, 0.717) is 36.7 Å². The predicted octanol–water partition coefficient (Wildman–Crippen LogP) is 2.77. The number of methoxy groups -OCH3 is 1. The number of halogens is 1. The molecule has 164 valence electrons. The average molecular weight is 488 g/mol. The molecule has 31 heavy (non-hydrogen) atoms. The van der Waals surface area contributed by atoms with Crippen LogP contribution >= 0.6 is 15.9 Å². The summed E-state index contributed by atoms with van der Waals surface area (Å²) in [5.41, 5.74) is 6.86. The van der Waals surface area contributed by atoms with Gasteiger partial charge in [-0.25, -0.2) is 4.98 Å². The number of aromatic nitrogens is 2. The van der Waals surface area contributed by atoms with Crippen LogP contribution in [0.3, 0.4) is 0 Å². The molecule has 8 nitrogen and oxygen atoms in total. The van der Waals surface area contributed by atoms with Crippen molar-refractivity contribution in [3.8, 4) is 5.88 Å². The fraction of sp³-hybridized carbons (Fsp3) is 0.455. The van der Waals surface area contributed by atoms with Gasteiger partial charge in [0.15, 0.2) is 0 Å². The van der Waals surface area contributed by atoms with Crippen LogP contribution < -0.4 is 20.7 Å². The van der Waals surface area contributed by atoms with Gasteiger partial charge in [-0.2, -0.15) is 0 Å². The molecule has 0 aromatic carbocycles. The number of nitrogens with two attached hydrogens (primary N) is 1. The lowest BCUT2D eigenvalue weighted by Gasteiger charge is -2.45. The largest absolute Gasteiger partial charge is 0.480 e. The van der Waals surface area contributed by atoms with E-state index in [0.717, 1.165) is 28.7 Å². The Morgan fingerprint density at radius 2 is 2.13 bits per heavy atom. The van der Waals surface area contributed by atoms with Gasteiger partial charge in [0.1, 0.15) is 11.2 Å². The van der Waals surface area contributed by atoms with E-state index < -0.39 is 11.4 Å². The second-order valence-electron chi connectivity index (χ2n) is 8.29. The second-order valence-corrected chi connectivity index (χ2v) is 9.21. The van der Waals surface area contributed by atoms with Gasteiger partial charge in [-0.3, -0.25) is 14.6 Å². The van der Waals surface area contributed by atoms with Crippen LogP contribution in [0.15, 0.2) is 35.1 Å². The zero-order valence-corrected chi connectivity index (χ0v) is 19.2. The minimum atomic E-state index is -1.13. The number of hydrogen-bond donors (Lipinski definition) is 2. The number of amides is 2. The highest BCUT2D eigenvalue weighted by molar-refractivity contribution is 9.10. The fourth-order valence-electron chi connectivity index (χ4n) is 4.36. The standard InChI is InChI=1S/C22H26BrN5O3/c1-13-11-22(21(24)30,7-9-28(13)17-10-15(23)12-26-20(17)31-2)27-19(29)16-4-3-8-25-18(16)14-5-6-14/h3-4,8,10,12-14H,5-7,9,11H2,1-2H3,(H2,24,30)(H,27,29)/t13-,22+/m0/s1. The summed E-state index contributed by atoms with van der Waals surface area (Å²) in [4.78, 5) is 36.6. The van der Waals surface area contributed by atoms with Crippen molar-refractivity contribution in [2.24, 2.45) is 5.73 Å². The van der Waals surface area contributed by atoms with Gasteiger partial charge in [-0.1, -0.05) is 0 Å². The van der Waals surface area contributed by atoms with Crippen LogP contribution in [0.25, 0.3) is 0 Å². The summed E-state index contributed by atoms with van der Waals surface area (Å²) in [6.45, 7) is 2.52. The van der Waals surface area contributed by atoms with Crippen molar-refractivity contribution < 1.29 is 14.3 Å². The molecule has 0 bridgehead atoms. The normalized spacial score (nSPS) is 23.3. The molecule has 2 atom stereocenters. The smallest absolute Gasteiger partial charge is 0.254 e. The summed E-state index contributed by atoms with van der Waals surface area (Å²) >= 11 is 3.46. The molecule has 1 saturated heterocycles. The quantitative estimate of drug-likeness (QED) is 0.647. The number of primary amides is 1. The van der Waals surface area contributed by atoms with Gasteiger partial charge in [-0.15, -0.1) is 0 Å². The molecule has 1 aliphatic heterocycles. The number of hydrogen-bond acceptors (Lipinski definition) is 6. The third-order valence-corrected chi connectivity index (χ3v) is 6.56. The van der Waals surface area contributed by atoms with Crippen molar-refractivity contribution in [1.82, 2.24) is 15.3 Å². The first-order chi connectivity index (χ1) is 14.8. The van der Waals surface area contributed by atoms with Gasteiger partial charge in [0.05, 0.1) is 18.4 Å². The van der Waals surface area contributed by atoms with Crippen LogP contribution in [-0.4, -0.2) is 47.0 Å². The molecule has 1 aliphatic carbocycles. The molecule has 2 aromatic heterocycles. The number of anilines is 1. The van der Waals surface area contributed by atoms with Crippen LogP contribution in [0.2, 0.25) is 0 Å². The van der Waals surface area contributed by atoms with Gasteiger partial charge in [0, 0.05) is 35.4 Å². The van der Waals surface area contributed by atoms with E-state index in [9.17, 15) is 9.59 Å². The zero-order valence-electron chi connectivity index (χ0n) is 17.6. The monoisotopic (exact) mass is 487 g/mol. The van der Waals surface area contributed by atoms with Gasteiger partial charge in [0.2, 0.25) is 11.8 Å². The summed E-state index contributed by atoms with van der Waals surface area (Å²) in [7, 11) is 1.58. The molecule has 2 aliphatic rings. The maximum absolute atomic E-state index is 13.2. The number of pyridine rings is 2. The predicted molar refractivity (Wildman–Crippen MR) is 120 cm³/mol. The molecule has 0 radical (unpaired) electrons. The molecule has 1 saturated carbocycles. The van der Waals surface area contributed by atoms with Crippen LogP contribution in [-0.2, 0) is 4.79 Å². The fourth-order valence-corrected chi connectivity index (χ4v) is 4.68. The minimum absolute atomic E-state index is 0.0802. The first-order valence-corrected chi connectivity index (χ1v) is 11.2. The molecule has 3 N–H and O–H groups in total. The van der Waals surface area contributed by atoms with Crippen molar-refractivity contribution in [1.29, 1.82) is 0 Å². The van der Waals surface area contributed by atoms with Gasteiger partial charge < -0.3 is 20.7 Å². The van der Waals surface area contributed by atoms with E-state index in [2.05, 4.69) is 36.1 Å². The topological polar surface area (TPSA) is 110 Å². The molecule has 2 amide bonds. The Bertz CT molecular complexity index is 1010. The maximum atomic E-state index is 13.2. The Morgan fingerprint density at radius 3 is 2.77 bits per heavy atom. The molecular formula is C22H26BrN5O3. The number of rotatable bonds is 6. The van der Waals surface area contributed by atoms with E-state index >= 15 is 0 Å². The number of ether oxygens (including phenoxy) is 1. The minimum Gasteiger partial charge on any atom is -0.480 e. The van der Waals surface area contributed by atoms with Crippen molar-refractivity contribution in [3.05, 3.63) is 46.3 Å². The lowest BCUT2D eigenvalue weighted by atomic mass is 9.82. The van der Waals surface area contributed by atoms with E-state index in [1.54, 1.807) is 31.6 Å². The number of nitrogens with zero attached hydrogens (tertiary/aromatic N) is 3. The highest BCUT2D eigenvalue weighted by atomic mass is 79.9. The van der Waals surface area contributed by atoms with E-state index in [1.165, 1.54) is 0 Å². The highest BCUT2D eigenvalue weighted by Crippen LogP contribution is 2.41. The second kappa shape index (κ2) is 8.45. The first-order valence-electron chi connectivity index (χ1n) is 10.4. The van der Waals surface area contributed by atoms with Crippen molar-refractivity contribution in [3.63, 3.8) is 0 Å². The molecule has 2 aromatic rings. The molecule has 9 heteroatoms. The van der Waals surface area contributed by atoms with Gasteiger partial charge in [0.25, 0.3) is 5.91 Å². The molecule has 0 spiro atoms. The molecule has 2 fully saturated rings. The summed E-state index contributed by atoms with van der Waals surface area (Å²) in [5.74, 6) is 0.0125. The Balaban J connectivity index is 1.57. The summed E-state index contributed by atoms with van der Waals surface area (Å²) in [5, 5.41) is 2.98. The zero-order chi connectivity index (χ0) is 22.2. The van der Waals surface area contributed by atoms with Crippen LogP contribution in [0, 0.1) is 0 Å². The lowest BCUT2D eigenvalue weighted by Crippen LogP contribution is -2.64. The van der Waals surface area contributed by atoms with E-state index in [-0.39, 0.29) is 11.9 Å².